The van der Waals surface area contributed by atoms with Crippen molar-refractivity contribution in [2.24, 2.45) is 0 Å². The maximum atomic E-state index is 11.7. The van der Waals surface area contributed by atoms with Gasteiger partial charge in [0.1, 0.15) is 11.3 Å². The maximum Gasteiger partial charge on any atom is 0.341 e. The van der Waals surface area contributed by atoms with E-state index >= 15 is 0 Å². The van der Waals surface area contributed by atoms with Gasteiger partial charge in [0.05, 0.1) is 14.2 Å². The number of carbonyl (C=O) groups is 2. The fourth-order valence-corrected chi connectivity index (χ4v) is 1.96. The number of unbranched alkanes of at least 4 members (excludes halogenated alkanes) is 2. The van der Waals surface area contributed by atoms with E-state index in [1.807, 2.05) is 6.07 Å². The molecular weight excluding hydrogens is 270 g/mol. The van der Waals surface area contributed by atoms with E-state index < -0.39 is 5.97 Å². The van der Waals surface area contributed by atoms with Crippen LogP contribution in [0.5, 0.6) is 5.75 Å². The predicted octanol–water partition coefficient (Wildman–Crippen LogP) is 2.68. The fourth-order valence-electron chi connectivity index (χ4n) is 1.96. The Kier molecular flexibility index (Phi) is 7.29. The lowest BCUT2D eigenvalue weighted by Crippen LogP contribution is -2.22. The summed E-state index contributed by atoms with van der Waals surface area (Å²) < 4.78 is 9.84. The molecule has 0 aliphatic heterocycles. The number of carbonyl (C=O) groups excluding carboxylic acids is 2. The van der Waals surface area contributed by atoms with Crippen LogP contribution < -0.4 is 10.1 Å². The van der Waals surface area contributed by atoms with E-state index in [4.69, 9.17) is 9.47 Å². The van der Waals surface area contributed by atoms with Crippen LogP contribution in [0.3, 0.4) is 0 Å². The highest BCUT2D eigenvalue weighted by molar-refractivity contribution is 5.92. The van der Waals surface area contributed by atoms with E-state index in [9.17, 15) is 9.59 Å². The van der Waals surface area contributed by atoms with Crippen LogP contribution in [0.1, 0.15) is 48.5 Å². The molecule has 21 heavy (non-hydrogen) atoms. The van der Waals surface area contributed by atoms with E-state index in [-0.39, 0.29) is 5.91 Å². The molecule has 0 aromatic heterocycles. The third kappa shape index (κ3) is 5.45. The molecule has 1 aromatic carbocycles. The molecular formula is C16H23NO4. The lowest BCUT2D eigenvalue weighted by molar-refractivity contribution is -0.121. The molecule has 1 aromatic rings. The molecule has 0 heterocycles. The summed E-state index contributed by atoms with van der Waals surface area (Å²) in [6, 6.07) is 5.19. The van der Waals surface area contributed by atoms with Gasteiger partial charge in [-0.15, -0.1) is 0 Å². The van der Waals surface area contributed by atoms with Gasteiger partial charge in [0.2, 0.25) is 5.91 Å². The van der Waals surface area contributed by atoms with Crippen molar-refractivity contribution >= 4 is 11.9 Å². The number of hydrogen-bond donors (Lipinski definition) is 1. The molecule has 0 unspecified atom stereocenters. The van der Waals surface area contributed by atoms with Gasteiger partial charge in [-0.25, -0.2) is 4.79 Å². The van der Waals surface area contributed by atoms with Gasteiger partial charge in [-0.1, -0.05) is 25.8 Å². The Labute approximate surface area is 125 Å². The van der Waals surface area contributed by atoms with Crippen molar-refractivity contribution in [3.63, 3.8) is 0 Å². The molecule has 5 nitrogen and oxygen atoms in total. The average molecular weight is 293 g/mol. The molecule has 0 radical (unpaired) electrons. The predicted molar refractivity (Wildman–Crippen MR) is 80.3 cm³/mol. The zero-order chi connectivity index (χ0) is 15.7. The number of methoxy groups -OCH3 is 2. The largest absolute Gasteiger partial charge is 0.496 e. The first-order valence-electron chi connectivity index (χ1n) is 7.14. The Morgan fingerprint density at radius 2 is 1.95 bits per heavy atom. The Morgan fingerprint density at radius 3 is 2.57 bits per heavy atom. The smallest absolute Gasteiger partial charge is 0.341 e. The van der Waals surface area contributed by atoms with Crippen LogP contribution in [0, 0.1) is 0 Å². The van der Waals surface area contributed by atoms with Crippen molar-refractivity contribution in [3.05, 3.63) is 29.3 Å². The van der Waals surface area contributed by atoms with Gasteiger partial charge < -0.3 is 14.8 Å². The Morgan fingerprint density at radius 1 is 1.19 bits per heavy atom. The van der Waals surface area contributed by atoms with Crippen molar-refractivity contribution in [3.8, 4) is 5.75 Å². The second-order valence-corrected chi connectivity index (χ2v) is 4.76. The van der Waals surface area contributed by atoms with E-state index in [1.165, 1.54) is 14.2 Å². The first-order valence-corrected chi connectivity index (χ1v) is 7.14. The topological polar surface area (TPSA) is 64.6 Å². The summed E-state index contributed by atoms with van der Waals surface area (Å²) in [5, 5.41) is 2.85. The average Bonchev–Trinajstić information content (AvgIpc) is 2.52. The zero-order valence-electron chi connectivity index (χ0n) is 12.9. The van der Waals surface area contributed by atoms with Crippen LogP contribution in [0.25, 0.3) is 0 Å². The number of benzene rings is 1. The first-order chi connectivity index (χ1) is 10.1. The van der Waals surface area contributed by atoms with E-state index in [2.05, 4.69) is 12.2 Å². The molecule has 5 heteroatoms. The number of nitrogens with one attached hydrogen (secondary N) is 1. The van der Waals surface area contributed by atoms with Crippen molar-refractivity contribution < 1.29 is 19.1 Å². The standard InChI is InChI=1S/C16H23NO4/c1-4-5-6-7-15(18)17-11-12-8-9-14(20-2)13(10-12)16(19)21-3/h8-10H,4-7,11H2,1-3H3,(H,17,18). The number of amides is 1. The second kappa shape index (κ2) is 9.00. The minimum absolute atomic E-state index is 0.0267. The van der Waals surface area contributed by atoms with Crippen molar-refractivity contribution in [2.75, 3.05) is 14.2 Å². The quantitative estimate of drug-likeness (QED) is 0.591. The molecule has 0 aliphatic rings. The minimum atomic E-state index is -0.456. The molecule has 1 rings (SSSR count). The normalized spacial score (nSPS) is 10.0. The lowest BCUT2D eigenvalue weighted by Gasteiger charge is -2.10. The molecule has 1 amide bonds. The first kappa shape index (κ1) is 17.0. The van der Waals surface area contributed by atoms with Gasteiger partial charge in [0, 0.05) is 13.0 Å². The monoisotopic (exact) mass is 293 g/mol. The molecule has 0 aliphatic carbocycles. The van der Waals surface area contributed by atoms with Gasteiger partial charge in [-0.05, 0) is 24.1 Å². The number of hydrogen-bond acceptors (Lipinski definition) is 4. The van der Waals surface area contributed by atoms with Crippen LogP contribution >= 0.6 is 0 Å². The van der Waals surface area contributed by atoms with Crippen LogP contribution in [-0.2, 0) is 16.1 Å². The molecule has 0 bridgehead atoms. The number of esters is 1. The van der Waals surface area contributed by atoms with Crippen molar-refractivity contribution in [1.82, 2.24) is 5.32 Å². The van der Waals surface area contributed by atoms with Crippen LogP contribution in [0.4, 0.5) is 0 Å². The van der Waals surface area contributed by atoms with E-state index in [0.717, 1.165) is 24.8 Å². The van der Waals surface area contributed by atoms with Gasteiger partial charge in [-0.2, -0.15) is 0 Å². The van der Waals surface area contributed by atoms with Gasteiger partial charge in [0.25, 0.3) is 0 Å². The fraction of sp³-hybridized carbons (Fsp3) is 0.500. The van der Waals surface area contributed by atoms with Gasteiger partial charge in [0.15, 0.2) is 0 Å². The highest BCUT2D eigenvalue weighted by atomic mass is 16.5. The summed E-state index contributed by atoms with van der Waals surface area (Å²) in [5.74, 6) is 0.0294. The minimum Gasteiger partial charge on any atom is -0.496 e. The third-order valence-corrected chi connectivity index (χ3v) is 3.17. The molecule has 0 atom stereocenters. The molecule has 1 N–H and O–H groups in total. The van der Waals surface area contributed by atoms with Crippen molar-refractivity contribution in [2.45, 2.75) is 39.2 Å². The summed E-state index contributed by atoms with van der Waals surface area (Å²) >= 11 is 0. The number of rotatable bonds is 8. The SMILES string of the molecule is CCCCCC(=O)NCc1ccc(OC)c(C(=O)OC)c1. The summed E-state index contributed by atoms with van der Waals surface area (Å²) in [7, 11) is 2.82. The van der Waals surface area contributed by atoms with E-state index in [0.29, 0.717) is 24.3 Å². The zero-order valence-corrected chi connectivity index (χ0v) is 12.9. The Hall–Kier alpha value is -2.04. The summed E-state index contributed by atoms with van der Waals surface area (Å²) in [5.41, 5.74) is 1.19. The van der Waals surface area contributed by atoms with Gasteiger partial charge in [-0.3, -0.25) is 4.79 Å². The van der Waals surface area contributed by atoms with E-state index in [1.54, 1.807) is 12.1 Å². The molecule has 116 valence electrons. The van der Waals surface area contributed by atoms with Crippen LogP contribution in [-0.4, -0.2) is 26.1 Å². The van der Waals surface area contributed by atoms with Gasteiger partial charge >= 0.3 is 5.97 Å². The molecule has 0 spiro atoms. The Balaban J connectivity index is 2.63. The van der Waals surface area contributed by atoms with Crippen LogP contribution in [0.15, 0.2) is 18.2 Å². The molecule has 0 saturated heterocycles. The van der Waals surface area contributed by atoms with Crippen LogP contribution in [0.2, 0.25) is 0 Å². The second-order valence-electron chi connectivity index (χ2n) is 4.76. The summed E-state index contributed by atoms with van der Waals surface area (Å²) in [6.45, 7) is 2.49. The lowest BCUT2D eigenvalue weighted by atomic mass is 10.1. The Bertz CT molecular complexity index is 485. The maximum absolute atomic E-state index is 11.7. The van der Waals surface area contributed by atoms with Crippen molar-refractivity contribution in [1.29, 1.82) is 0 Å². The third-order valence-electron chi connectivity index (χ3n) is 3.17. The number of ether oxygens (including phenoxy) is 2. The summed E-state index contributed by atoms with van der Waals surface area (Å²) in [4.78, 5) is 23.3. The highest BCUT2D eigenvalue weighted by Crippen LogP contribution is 2.20. The highest BCUT2D eigenvalue weighted by Gasteiger charge is 2.13. The summed E-state index contributed by atoms with van der Waals surface area (Å²) in [6.07, 6.45) is 3.59. The molecule has 0 saturated carbocycles. The molecule has 0 fully saturated rings.